The fraction of sp³-hybridized carbons (Fsp3) is 0.480. The van der Waals surface area contributed by atoms with Crippen molar-refractivity contribution in [2.75, 3.05) is 30.4 Å². The summed E-state index contributed by atoms with van der Waals surface area (Å²) in [5.74, 6) is -0.0984. The number of hydrogen-bond donors (Lipinski definition) is 2. The van der Waals surface area contributed by atoms with E-state index in [0.717, 1.165) is 57.3 Å². The molecule has 35 heavy (non-hydrogen) atoms. The van der Waals surface area contributed by atoms with Gasteiger partial charge in [0.2, 0.25) is 15.9 Å². The van der Waals surface area contributed by atoms with Gasteiger partial charge in [0, 0.05) is 31.7 Å². The number of rotatable bonds is 7. The van der Waals surface area contributed by atoms with Crippen LogP contribution in [0.2, 0.25) is 0 Å². The third kappa shape index (κ3) is 5.82. The molecule has 10 heteroatoms. The van der Waals surface area contributed by atoms with E-state index in [9.17, 15) is 18.0 Å². The number of nitrogens with zero attached hydrogens (tertiary/aromatic N) is 3. The lowest BCUT2D eigenvalue weighted by Crippen LogP contribution is -2.41. The topological polar surface area (TPSA) is 126 Å². The van der Waals surface area contributed by atoms with Gasteiger partial charge in [0.25, 0.3) is 5.91 Å². The van der Waals surface area contributed by atoms with Gasteiger partial charge < -0.3 is 16.0 Å². The average molecular weight is 500 g/mol. The minimum absolute atomic E-state index is 0.0267. The summed E-state index contributed by atoms with van der Waals surface area (Å²) < 4.78 is 27.5. The zero-order valence-electron chi connectivity index (χ0n) is 20.0. The molecule has 3 N–H and O–H groups in total. The van der Waals surface area contributed by atoms with Crippen molar-refractivity contribution in [2.24, 2.45) is 11.7 Å². The predicted molar refractivity (Wildman–Crippen MR) is 135 cm³/mol. The summed E-state index contributed by atoms with van der Waals surface area (Å²) in [5.41, 5.74) is 6.33. The molecule has 1 saturated heterocycles. The molecule has 2 heterocycles. The molecule has 0 spiro atoms. The summed E-state index contributed by atoms with van der Waals surface area (Å²) in [6.07, 6.45) is 8.24. The van der Waals surface area contributed by atoms with Gasteiger partial charge in [-0.25, -0.2) is 13.4 Å². The van der Waals surface area contributed by atoms with Gasteiger partial charge in [-0.1, -0.05) is 19.3 Å². The molecule has 1 atom stereocenters. The zero-order chi connectivity index (χ0) is 25.0. The molecule has 2 aromatic rings. The van der Waals surface area contributed by atoms with Crippen LogP contribution >= 0.6 is 0 Å². The van der Waals surface area contributed by atoms with E-state index in [-0.39, 0.29) is 28.7 Å². The maximum absolute atomic E-state index is 13.0. The van der Waals surface area contributed by atoms with Gasteiger partial charge in [0.1, 0.15) is 5.82 Å². The molecular formula is C25H33N5O4S. The van der Waals surface area contributed by atoms with E-state index in [1.165, 1.54) is 28.6 Å². The van der Waals surface area contributed by atoms with Crippen molar-refractivity contribution in [3.05, 3.63) is 48.2 Å². The Bertz CT molecular complexity index is 1150. The van der Waals surface area contributed by atoms with Gasteiger partial charge in [-0.05, 0) is 62.1 Å². The second-order valence-corrected chi connectivity index (χ2v) is 11.4. The van der Waals surface area contributed by atoms with Crippen molar-refractivity contribution in [3.63, 3.8) is 0 Å². The van der Waals surface area contributed by atoms with Crippen LogP contribution in [0.15, 0.2) is 47.5 Å². The molecule has 1 aliphatic heterocycles. The third-order valence-corrected chi connectivity index (χ3v) is 8.96. The molecule has 188 valence electrons. The van der Waals surface area contributed by atoms with Crippen LogP contribution in [-0.2, 0) is 14.8 Å². The molecule has 2 fully saturated rings. The van der Waals surface area contributed by atoms with Gasteiger partial charge in [-0.2, -0.15) is 4.31 Å². The number of primary amides is 1. The highest BCUT2D eigenvalue weighted by Crippen LogP contribution is 2.27. The number of hydrogen-bond acceptors (Lipinski definition) is 6. The van der Waals surface area contributed by atoms with Crippen LogP contribution in [-0.4, -0.2) is 55.7 Å². The normalized spacial score (nSPS) is 19.5. The van der Waals surface area contributed by atoms with Crippen molar-refractivity contribution in [1.82, 2.24) is 9.29 Å². The molecule has 0 radical (unpaired) electrons. The standard InChI is InChI=1S/C25H33N5O4S/c1-29(21-7-3-2-4-8-21)35(33,34)22-12-9-18(10-13-22)25(32)28-20-11-14-23(27-16-20)30-15-5-6-19(17-30)24(26)31/h9-14,16,19,21H,2-8,15,17H2,1H3,(H2,26,31)(H,28,32). The van der Waals surface area contributed by atoms with E-state index in [0.29, 0.717) is 17.8 Å². The minimum Gasteiger partial charge on any atom is -0.369 e. The number of piperidine rings is 1. The first kappa shape index (κ1) is 25.1. The number of benzene rings is 1. The Morgan fingerprint density at radius 3 is 2.37 bits per heavy atom. The smallest absolute Gasteiger partial charge is 0.255 e. The Labute approximate surface area is 206 Å². The summed E-state index contributed by atoms with van der Waals surface area (Å²) in [6.45, 7) is 1.34. The van der Waals surface area contributed by atoms with Gasteiger partial charge >= 0.3 is 0 Å². The van der Waals surface area contributed by atoms with Gasteiger partial charge in [0.15, 0.2) is 0 Å². The van der Waals surface area contributed by atoms with Gasteiger partial charge in [0.05, 0.1) is 22.7 Å². The third-order valence-electron chi connectivity index (χ3n) is 7.04. The Hall–Kier alpha value is -2.98. The Balaban J connectivity index is 1.38. The fourth-order valence-corrected chi connectivity index (χ4v) is 6.27. The molecule has 4 rings (SSSR count). The second kappa shape index (κ2) is 10.7. The van der Waals surface area contributed by atoms with Crippen LogP contribution in [0.5, 0.6) is 0 Å². The summed E-state index contributed by atoms with van der Waals surface area (Å²) in [7, 11) is -1.97. The van der Waals surface area contributed by atoms with Crippen molar-refractivity contribution in [2.45, 2.75) is 55.9 Å². The van der Waals surface area contributed by atoms with E-state index in [1.807, 2.05) is 4.90 Å². The minimum atomic E-state index is -3.61. The van der Waals surface area contributed by atoms with E-state index in [2.05, 4.69) is 10.3 Å². The number of amides is 2. The molecule has 9 nitrogen and oxygen atoms in total. The number of nitrogens with two attached hydrogens (primary N) is 1. The fourth-order valence-electron chi connectivity index (χ4n) is 4.85. The molecule has 1 aromatic carbocycles. The monoisotopic (exact) mass is 499 g/mol. The molecule has 2 aliphatic rings. The van der Waals surface area contributed by atoms with E-state index in [1.54, 1.807) is 25.4 Å². The number of aromatic nitrogens is 1. The van der Waals surface area contributed by atoms with Crippen molar-refractivity contribution >= 4 is 33.3 Å². The Morgan fingerprint density at radius 1 is 1.03 bits per heavy atom. The predicted octanol–water partition coefficient (Wildman–Crippen LogP) is 2.99. The number of pyridine rings is 1. The molecule has 1 unspecified atom stereocenters. The SMILES string of the molecule is CN(C1CCCCC1)S(=O)(=O)c1ccc(C(=O)Nc2ccc(N3CCCC(C(N)=O)C3)nc2)cc1. The highest BCUT2D eigenvalue weighted by atomic mass is 32.2. The van der Waals surface area contributed by atoms with Crippen molar-refractivity contribution in [3.8, 4) is 0 Å². The lowest BCUT2D eigenvalue weighted by atomic mass is 9.96. The molecule has 0 bridgehead atoms. The first-order chi connectivity index (χ1) is 16.8. The average Bonchev–Trinajstić information content (AvgIpc) is 2.89. The maximum Gasteiger partial charge on any atom is 0.255 e. The lowest BCUT2D eigenvalue weighted by Gasteiger charge is -2.32. The quantitative estimate of drug-likeness (QED) is 0.603. The van der Waals surface area contributed by atoms with Crippen molar-refractivity contribution < 1.29 is 18.0 Å². The summed E-state index contributed by atoms with van der Waals surface area (Å²) >= 11 is 0. The molecule has 1 saturated carbocycles. The van der Waals surface area contributed by atoms with Gasteiger partial charge in [-0.15, -0.1) is 0 Å². The highest BCUT2D eigenvalue weighted by Gasteiger charge is 2.29. The number of anilines is 2. The van der Waals surface area contributed by atoms with E-state index in [4.69, 9.17) is 5.73 Å². The van der Waals surface area contributed by atoms with Gasteiger partial charge in [-0.3, -0.25) is 9.59 Å². The summed E-state index contributed by atoms with van der Waals surface area (Å²) in [5, 5.41) is 2.79. The number of carbonyl (C=O) groups is 2. The van der Waals surface area contributed by atoms with Crippen LogP contribution in [0, 0.1) is 5.92 Å². The Kier molecular flexibility index (Phi) is 7.71. The summed E-state index contributed by atoms with van der Waals surface area (Å²) in [6, 6.07) is 9.60. The number of nitrogens with one attached hydrogen (secondary N) is 1. The number of carbonyl (C=O) groups excluding carboxylic acids is 2. The Morgan fingerprint density at radius 2 is 1.74 bits per heavy atom. The van der Waals surface area contributed by atoms with Crippen LogP contribution in [0.4, 0.5) is 11.5 Å². The second-order valence-electron chi connectivity index (χ2n) is 9.38. The van der Waals surface area contributed by atoms with Crippen LogP contribution in [0.3, 0.4) is 0 Å². The largest absolute Gasteiger partial charge is 0.369 e. The zero-order valence-corrected chi connectivity index (χ0v) is 20.8. The molecule has 2 amide bonds. The molecular weight excluding hydrogens is 466 g/mol. The van der Waals surface area contributed by atoms with Crippen molar-refractivity contribution in [1.29, 1.82) is 0 Å². The van der Waals surface area contributed by atoms with Crippen LogP contribution < -0.4 is 16.0 Å². The maximum atomic E-state index is 13.0. The lowest BCUT2D eigenvalue weighted by molar-refractivity contribution is -0.122. The van der Waals surface area contributed by atoms with Crippen LogP contribution in [0.1, 0.15) is 55.3 Å². The molecule has 1 aromatic heterocycles. The first-order valence-corrected chi connectivity index (χ1v) is 13.6. The first-order valence-electron chi connectivity index (χ1n) is 12.2. The summed E-state index contributed by atoms with van der Waals surface area (Å²) in [4.78, 5) is 30.8. The molecule has 1 aliphatic carbocycles. The van der Waals surface area contributed by atoms with E-state index < -0.39 is 10.0 Å². The highest BCUT2D eigenvalue weighted by molar-refractivity contribution is 7.89. The number of sulfonamides is 1. The van der Waals surface area contributed by atoms with Crippen LogP contribution in [0.25, 0.3) is 0 Å². The van der Waals surface area contributed by atoms with E-state index >= 15 is 0 Å².